The monoisotopic (exact) mass is 845 g/mol. The Labute approximate surface area is 348 Å². The first-order valence-electron chi connectivity index (χ1n) is 19.6. The van der Waals surface area contributed by atoms with E-state index in [0.717, 1.165) is 19.4 Å². The number of nitrogens with zero attached hydrogens (tertiary/aromatic N) is 1. The molecule has 2 heterocycles. The topological polar surface area (TPSA) is 226 Å². The van der Waals surface area contributed by atoms with Gasteiger partial charge >= 0.3 is 42.0 Å². The lowest BCUT2D eigenvalue weighted by molar-refractivity contribution is -0.198. The molecule has 18 nitrogen and oxygen atoms in total. The van der Waals surface area contributed by atoms with E-state index in [1.165, 1.54) is 26.8 Å². The number of likely N-dealkylation sites (tertiary alicyclic amines) is 1. The van der Waals surface area contributed by atoms with E-state index in [9.17, 15) is 38.7 Å². The fourth-order valence-corrected chi connectivity index (χ4v) is 8.15. The van der Waals surface area contributed by atoms with Gasteiger partial charge < -0.3 is 52.6 Å². The zero-order chi connectivity index (χ0) is 44.9. The van der Waals surface area contributed by atoms with Crippen molar-refractivity contribution in [2.45, 2.75) is 160 Å². The Hall–Kier alpha value is -5.23. The number of aliphatic hydroxyl groups is 1. The number of hydrogen-bond acceptors (Lipinski definition) is 18. The second-order valence-corrected chi connectivity index (χ2v) is 18.4. The maximum Gasteiger partial charge on any atom is 0.514 e. The number of ether oxygens (including phenoxy) is 9. The van der Waals surface area contributed by atoms with Crippen LogP contribution in [0.25, 0.3) is 0 Å². The van der Waals surface area contributed by atoms with E-state index < -0.39 is 107 Å². The molecule has 1 unspecified atom stereocenters. The average molecular weight is 846 g/mol. The molecule has 1 fully saturated rings. The fourth-order valence-electron chi connectivity index (χ4n) is 8.15. The molecule has 4 aliphatic rings. The van der Waals surface area contributed by atoms with Crippen LogP contribution >= 0.6 is 0 Å². The molecule has 1 spiro atoms. The van der Waals surface area contributed by atoms with E-state index in [2.05, 4.69) is 0 Å². The number of carbonyl (C=O) groups is 7. The van der Waals surface area contributed by atoms with Crippen LogP contribution in [0.3, 0.4) is 0 Å². The summed E-state index contributed by atoms with van der Waals surface area (Å²) in [5.41, 5.74) is -4.33. The highest BCUT2D eigenvalue weighted by Crippen LogP contribution is 2.65. The van der Waals surface area contributed by atoms with Crippen molar-refractivity contribution in [3.8, 4) is 11.5 Å². The third-order valence-electron chi connectivity index (χ3n) is 10.2. The molecule has 330 valence electrons. The summed E-state index contributed by atoms with van der Waals surface area (Å²) in [6.45, 7) is 16.7. The second-order valence-electron chi connectivity index (χ2n) is 18.4. The van der Waals surface area contributed by atoms with Gasteiger partial charge in [0.25, 0.3) is 0 Å². The first kappa shape index (κ1) is 45.8. The number of esters is 6. The standard InChI is InChI=1S/C42H55NO17/c1-21(44)52-31(32(53-22(2)45)36(49)55-26(34(47)59-39(6,7)8)20-28(46)58-38(3,4)5)35(48)54-25-15-16-42(51)27-19-23-13-14-24(56-37(50)60-40(9,10)11)30-29(23)41(42,33(25)57-30)17-18-43(27)12/h13-15,26-27,31-33,51H,16-20H2,1-12H3/t26-,27?,31+,32+,33-,41-,42-/m0/s1. The maximum absolute atomic E-state index is 14.3. The van der Waals surface area contributed by atoms with Crippen molar-refractivity contribution in [2.24, 2.45) is 0 Å². The SMILES string of the molecule is CC(=O)O[C@@H](C(=O)OC1=CC[C@]2(O)C3Cc4ccc(OC(=O)OC(C)(C)C)c5c4[C@@]2(CCN3C)[C@H]1O5)[C@@H](OC(C)=O)C(=O)O[C@@H](CC(=O)OC(C)(C)C)C(=O)OC(C)(C)C. The minimum Gasteiger partial charge on any atom is -0.477 e. The van der Waals surface area contributed by atoms with E-state index >= 15 is 0 Å². The van der Waals surface area contributed by atoms with Crippen molar-refractivity contribution in [1.82, 2.24) is 4.90 Å². The largest absolute Gasteiger partial charge is 0.514 e. The van der Waals surface area contributed by atoms with Gasteiger partial charge in [-0.1, -0.05) is 6.07 Å². The summed E-state index contributed by atoms with van der Waals surface area (Å²) in [5.74, 6) is -7.35. The molecule has 1 aromatic rings. The van der Waals surface area contributed by atoms with Crippen LogP contribution in [0.4, 0.5) is 4.79 Å². The van der Waals surface area contributed by atoms with Crippen molar-refractivity contribution in [1.29, 1.82) is 0 Å². The van der Waals surface area contributed by atoms with Gasteiger partial charge in [0.05, 0.1) is 17.4 Å². The second kappa shape index (κ2) is 16.3. The lowest BCUT2D eigenvalue weighted by atomic mass is 9.50. The predicted octanol–water partition coefficient (Wildman–Crippen LogP) is 3.67. The molecule has 0 radical (unpaired) electrons. The molecule has 5 rings (SSSR count). The lowest BCUT2D eigenvalue weighted by Crippen LogP contribution is -2.74. The number of benzene rings is 1. The first-order chi connectivity index (χ1) is 27.5. The van der Waals surface area contributed by atoms with Gasteiger partial charge in [-0.05, 0) is 106 Å². The Morgan fingerprint density at radius 2 is 1.38 bits per heavy atom. The van der Waals surface area contributed by atoms with Gasteiger partial charge in [-0.2, -0.15) is 0 Å². The van der Waals surface area contributed by atoms with Crippen molar-refractivity contribution in [3.05, 3.63) is 35.1 Å². The van der Waals surface area contributed by atoms with Gasteiger partial charge in [0.2, 0.25) is 18.3 Å². The van der Waals surface area contributed by atoms with Crippen LogP contribution < -0.4 is 9.47 Å². The Balaban J connectivity index is 1.50. The van der Waals surface area contributed by atoms with Crippen LogP contribution in [-0.4, -0.2) is 118 Å². The van der Waals surface area contributed by atoms with Gasteiger partial charge in [-0.3, -0.25) is 14.4 Å². The Morgan fingerprint density at radius 1 is 0.800 bits per heavy atom. The van der Waals surface area contributed by atoms with Crippen LogP contribution in [0.2, 0.25) is 0 Å². The molecule has 1 aromatic carbocycles. The van der Waals surface area contributed by atoms with Crippen LogP contribution in [0.1, 0.15) is 107 Å². The Kier molecular flexibility index (Phi) is 12.5. The third kappa shape index (κ3) is 9.54. The molecule has 60 heavy (non-hydrogen) atoms. The summed E-state index contributed by atoms with van der Waals surface area (Å²) < 4.78 is 50.0. The van der Waals surface area contributed by atoms with E-state index in [1.807, 2.05) is 11.9 Å². The summed E-state index contributed by atoms with van der Waals surface area (Å²) in [5, 5.41) is 12.7. The normalized spacial score (nSPS) is 24.4. The van der Waals surface area contributed by atoms with Gasteiger partial charge in [0.1, 0.15) is 22.6 Å². The summed E-state index contributed by atoms with van der Waals surface area (Å²) in [7, 11) is 1.89. The molecule has 1 N–H and O–H groups in total. The number of likely N-dealkylation sites (N-methyl/N-ethyl adjacent to an activating group) is 1. The number of hydrogen-bond donors (Lipinski definition) is 1. The zero-order valence-corrected chi connectivity index (χ0v) is 36.1. The third-order valence-corrected chi connectivity index (χ3v) is 10.2. The molecule has 2 aliphatic heterocycles. The van der Waals surface area contributed by atoms with Crippen LogP contribution in [0.5, 0.6) is 11.5 Å². The summed E-state index contributed by atoms with van der Waals surface area (Å²) in [4.78, 5) is 94.1. The molecule has 0 saturated carbocycles. The van der Waals surface area contributed by atoms with E-state index in [4.69, 9.17) is 42.6 Å². The molecule has 2 bridgehead atoms. The molecule has 18 heteroatoms. The summed E-state index contributed by atoms with van der Waals surface area (Å²) >= 11 is 0. The maximum atomic E-state index is 14.3. The van der Waals surface area contributed by atoms with Gasteiger partial charge in [0.15, 0.2) is 17.6 Å². The van der Waals surface area contributed by atoms with Crippen molar-refractivity contribution in [2.75, 3.05) is 13.6 Å². The fraction of sp³-hybridized carbons (Fsp3) is 0.643. The van der Waals surface area contributed by atoms with Gasteiger partial charge in [-0.25, -0.2) is 19.2 Å². The number of piperidine rings is 1. The van der Waals surface area contributed by atoms with Gasteiger partial charge in [0, 0.05) is 31.9 Å². The molecular weight excluding hydrogens is 790 g/mol. The minimum absolute atomic E-state index is 0.00133. The summed E-state index contributed by atoms with van der Waals surface area (Å²) in [6, 6.07) is 2.93. The van der Waals surface area contributed by atoms with Crippen LogP contribution in [-0.2, 0) is 73.8 Å². The lowest BCUT2D eigenvalue weighted by Gasteiger charge is -2.61. The first-order valence-corrected chi connectivity index (χ1v) is 19.6. The molecular formula is C42H55NO17. The van der Waals surface area contributed by atoms with Gasteiger partial charge in [-0.15, -0.1) is 0 Å². The van der Waals surface area contributed by atoms with Crippen molar-refractivity contribution >= 4 is 42.0 Å². The number of rotatable bonds is 11. The predicted molar refractivity (Wildman–Crippen MR) is 205 cm³/mol. The molecule has 2 aliphatic carbocycles. The molecule has 1 saturated heterocycles. The molecule has 0 aromatic heterocycles. The summed E-state index contributed by atoms with van der Waals surface area (Å²) in [6.07, 6.45) is -7.61. The Bertz CT molecular complexity index is 1970. The van der Waals surface area contributed by atoms with Crippen molar-refractivity contribution in [3.63, 3.8) is 0 Å². The van der Waals surface area contributed by atoms with E-state index in [1.54, 1.807) is 53.7 Å². The smallest absolute Gasteiger partial charge is 0.477 e. The highest BCUT2D eigenvalue weighted by molar-refractivity contribution is 5.91. The van der Waals surface area contributed by atoms with E-state index in [-0.39, 0.29) is 23.7 Å². The number of carbonyl (C=O) groups excluding carboxylic acids is 7. The van der Waals surface area contributed by atoms with Crippen molar-refractivity contribution < 1.29 is 81.3 Å². The molecule has 0 amide bonds. The Morgan fingerprint density at radius 3 is 1.95 bits per heavy atom. The molecule has 7 atom stereocenters. The quantitative estimate of drug-likeness (QED) is 0.190. The van der Waals surface area contributed by atoms with Crippen LogP contribution in [0, 0.1) is 0 Å². The highest BCUT2D eigenvalue weighted by Gasteiger charge is 2.72. The highest BCUT2D eigenvalue weighted by atomic mass is 16.7. The zero-order valence-electron chi connectivity index (χ0n) is 36.1. The van der Waals surface area contributed by atoms with E-state index in [0.29, 0.717) is 24.9 Å². The minimum atomic E-state index is -2.37. The van der Waals surface area contributed by atoms with Crippen LogP contribution in [0.15, 0.2) is 24.0 Å². The average Bonchev–Trinajstić information content (AvgIpc) is 3.43.